The molecule has 1 heterocycles. The molecule has 0 atom stereocenters. The maximum Gasteiger partial charge on any atom is 0.250 e. The van der Waals surface area contributed by atoms with Gasteiger partial charge in [0.05, 0.1) is 15.7 Å². The molecule has 1 aromatic heterocycles. The number of aromatic nitrogens is 2. The summed E-state index contributed by atoms with van der Waals surface area (Å²) in [5.41, 5.74) is 13.0. The summed E-state index contributed by atoms with van der Waals surface area (Å²) in [6, 6.07) is 5.34. The molecule has 0 spiro atoms. The van der Waals surface area contributed by atoms with Gasteiger partial charge in [-0.2, -0.15) is 0 Å². The van der Waals surface area contributed by atoms with E-state index in [-0.39, 0.29) is 0 Å². The minimum atomic E-state index is -0.495. The number of aryl methyl sites for hydroxylation is 1. The van der Waals surface area contributed by atoms with E-state index in [1.165, 1.54) is 4.68 Å². The molecule has 88 valence electrons. The number of amides is 1. The van der Waals surface area contributed by atoms with Gasteiger partial charge in [0.1, 0.15) is 0 Å². The number of nitrogen functional groups attached to an aromatic ring is 1. The van der Waals surface area contributed by atoms with Gasteiger partial charge in [-0.1, -0.05) is 6.07 Å². The first-order valence-corrected chi connectivity index (χ1v) is 5.70. The Kier molecular flexibility index (Phi) is 2.89. The number of hydrogen-bond donors (Lipinski definition) is 2. The monoisotopic (exact) mass is 294 g/mol. The molecular formula is C11H11BrN4O. The summed E-state index contributed by atoms with van der Waals surface area (Å²) in [5, 5.41) is 4.10. The minimum Gasteiger partial charge on any atom is -0.381 e. The molecule has 0 saturated heterocycles. The van der Waals surface area contributed by atoms with Crippen molar-refractivity contribution in [3.05, 3.63) is 40.0 Å². The molecule has 0 aliphatic carbocycles. The predicted octanol–water partition coefficient (Wildman–Crippen LogP) is 1.62. The van der Waals surface area contributed by atoms with E-state index in [2.05, 4.69) is 21.0 Å². The van der Waals surface area contributed by atoms with Crippen LogP contribution in [0.3, 0.4) is 0 Å². The molecule has 1 amide bonds. The molecule has 0 unspecified atom stereocenters. The maximum atomic E-state index is 11.3. The number of nitrogens with two attached hydrogens (primary N) is 2. The molecule has 1 aromatic carbocycles. The van der Waals surface area contributed by atoms with Crippen molar-refractivity contribution < 1.29 is 4.79 Å². The molecule has 5 nitrogen and oxygen atoms in total. The van der Waals surface area contributed by atoms with E-state index in [0.29, 0.717) is 21.5 Å². The Morgan fingerprint density at radius 3 is 2.71 bits per heavy atom. The number of halogens is 1. The number of anilines is 1. The number of nitrogens with zero attached hydrogens (tertiary/aromatic N) is 2. The molecule has 4 N–H and O–H groups in total. The van der Waals surface area contributed by atoms with Crippen LogP contribution in [0, 0.1) is 6.92 Å². The van der Waals surface area contributed by atoms with Crippen LogP contribution in [0.2, 0.25) is 0 Å². The molecular weight excluding hydrogens is 284 g/mol. The van der Waals surface area contributed by atoms with Gasteiger partial charge in [0.2, 0.25) is 0 Å². The lowest BCUT2D eigenvalue weighted by Crippen LogP contribution is -2.15. The Balaban J connectivity index is 2.64. The van der Waals surface area contributed by atoms with Crippen LogP contribution in [0.5, 0.6) is 0 Å². The van der Waals surface area contributed by atoms with E-state index in [0.717, 1.165) is 5.56 Å². The summed E-state index contributed by atoms with van der Waals surface area (Å²) in [5.74, 6) is -0.132. The molecule has 6 heteroatoms. The first kappa shape index (κ1) is 11.7. The van der Waals surface area contributed by atoms with Gasteiger partial charge < -0.3 is 11.5 Å². The summed E-state index contributed by atoms with van der Waals surface area (Å²) < 4.78 is 2.21. The lowest BCUT2D eigenvalue weighted by atomic mass is 10.1. The number of carbonyl (C=O) groups excluding carboxylic acids is 1. The third-order valence-corrected chi connectivity index (χ3v) is 2.97. The van der Waals surface area contributed by atoms with Crippen molar-refractivity contribution >= 4 is 27.7 Å². The Morgan fingerprint density at radius 1 is 1.47 bits per heavy atom. The standard InChI is InChI=1S/C11H11BrN4O/c1-6-2-3-7(11(14)17)9(4-6)16-5-8(12)10(13)15-16/h2-5H,1H3,(H2,13,15)(H2,14,17). The van der Waals surface area contributed by atoms with Crippen molar-refractivity contribution in [2.75, 3.05) is 5.73 Å². The van der Waals surface area contributed by atoms with E-state index in [1.807, 2.05) is 19.1 Å². The van der Waals surface area contributed by atoms with Crippen molar-refractivity contribution in [2.24, 2.45) is 5.73 Å². The van der Waals surface area contributed by atoms with Gasteiger partial charge in [0, 0.05) is 6.20 Å². The zero-order valence-corrected chi connectivity index (χ0v) is 10.7. The first-order chi connectivity index (χ1) is 7.99. The first-order valence-electron chi connectivity index (χ1n) is 4.90. The van der Waals surface area contributed by atoms with Gasteiger partial charge in [-0.15, -0.1) is 5.10 Å². The van der Waals surface area contributed by atoms with E-state index < -0.39 is 5.91 Å². The Morgan fingerprint density at radius 2 is 2.18 bits per heavy atom. The quantitative estimate of drug-likeness (QED) is 0.882. The van der Waals surface area contributed by atoms with Crippen molar-refractivity contribution in [3.8, 4) is 5.69 Å². The third-order valence-electron chi connectivity index (χ3n) is 2.36. The van der Waals surface area contributed by atoms with Gasteiger partial charge in [0.15, 0.2) is 5.82 Å². The average Bonchev–Trinajstić information content (AvgIpc) is 2.58. The lowest BCUT2D eigenvalue weighted by molar-refractivity contribution is 0.1000. The molecule has 0 bridgehead atoms. The van der Waals surface area contributed by atoms with E-state index >= 15 is 0 Å². The van der Waals surface area contributed by atoms with Gasteiger partial charge in [-0.05, 0) is 40.5 Å². The number of hydrogen-bond acceptors (Lipinski definition) is 3. The fourth-order valence-corrected chi connectivity index (χ4v) is 1.80. The van der Waals surface area contributed by atoms with Crippen molar-refractivity contribution in [2.45, 2.75) is 6.92 Å². The van der Waals surface area contributed by atoms with Gasteiger partial charge >= 0.3 is 0 Å². The Labute approximate surface area is 107 Å². The molecule has 0 saturated carbocycles. The molecule has 0 radical (unpaired) electrons. The zero-order chi connectivity index (χ0) is 12.6. The van der Waals surface area contributed by atoms with E-state index in [4.69, 9.17) is 11.5 Å². The fraction of sp³-hybridized carbons (Fsp3) is 0.0909. The number of carbonyl (C=O) groups is 1. The van der Waals surface area contributed by atoms with E-state index in [1.54, 1.807) is 12.3 Å². The second-order valence-corrected chi connectivity index (χ2v) is 4.55. The van der Waals surface area contributed by atoms with Crippen molar-refractivity contribution in [1.82, 2.24) is 9.78 Å². The largest absolute Gasteiger partial charge is 0.381 e. The van der Waals surface area contributed by atoms with Crippen LogP contribution in [0.25, 0.3) is 5.69 Å². The molecule has 0 aliphatic rings. The molecule has 0 aliphatic heterocycles. The van der Waals surface area contributed by atoms with Crippen LogP contribution in [-0.4, -0.2) is 15.7 Å². The van der Waals surface area contributed by atoms with Crippen LogP contribution in [0.15, 0.2) is 28.9 Å². The average molecular weight is 295 g/mol. The summed E-state index contributed by atoms with van der Waals surface area (Å²) in [7, 11) is 0. The number of rotatable bonds is 2. The SMILES string of the molecule is Cc1ccc(C(N)=O)c(-n2cc(Br)c(N)n2)c1. The predicted molar refractivity (Wildman–Crippen MR) is 68.9 cm³/mol. The minimum absolute atomic E-state index is 0.363. The maximum absolute atomic E-state index is 11.3. The van der Waals surface area contributed by atoms with Crippen LogP contribution >= 0.6 is 15.9 Å². The smallest absolute Gasteiger partial charge is 0.250 e. The second-order valence-electron chi connectivity index (χ2n) is 3.69. The highest BCUT2D eigenvalue weighted by atomic mass is 79.9. The van der Waals surface area contributed by atoms with Gasteiger partial charge in [0.25, 0.3) is 5.91 Å². The van der Waals surface area contributed by atoms with Crippen LogP contribution < -0.4 is 11.5 Å². The summed E-state index contributed by atoms with van der Waals surface area (Å²) in [6.07, 6.45) is 1.69. The molecule has 2 aromatic rings. The highest BCUT2D eigenvalue weighted by Crippen LogP contribution is 2.22. The second kappa shape index (κ2) is 4.21. The molecule has 17 heavy (non-hydrogen) atoms. The topological polar surface area (TPSA) is 86.9 Å². The Bertz CT molecular complexity index is 572. The Hall–Kier alpha value is -1.82. The van der Waals surface area contributed by atoms with Crippen LogP contribution in [0.4, 0.5) is 5.82 Å². The fourth-order valence-electron chi connectivity index (χ4n) is 1.53. The third kappa shape index (κ3) is 2.16. The van der Waals surface area contributed by atoms with Crippen molar-refractivity contribution in [3.63, 3.8) is 0 Å². The highest BCUT2D eigenvalue weighted by molar-refractivity contribution is 9.10. The zero-order valence-electron chi connectivity index (χ0n) is 9.14. The lowest BCUT2D eigenvalue weighted by Gasteiger charge is -2.07. The van der Waals surface area contributed by atoms with Crippen LogP contribution in [-0.2, 0) is 0 Å². The summed E-state index contributed by atoms with van der Waals surface area (Å²) in [6.45, 7) is 1.93. The van der Waals surface area contributed by atoms with E-state index in [9.17, 15) is 4.79 Å². The highest BCUT2D eigenvalue weighted by Gasteiger charge is 2.12. The molecule has 2 rings (SSSR count). The van der Waals surface area contributed by atoms with Crippen molar-refractivity contribution in [1.29, 1.82) is 0 Å². The number of primary amides is 1. The molecule has 0 fully saturated rings. The number of benzene rings is 1. The van der Waals surface area contributed by atoms with Crippen LogP contribution in [0.1, 0.15) is 15.9 Å². The van der Waals surface area contributed by atoms with Gasteiger partial charge in [-0.3, -0.25) is 4.79 Å². The normalized spacial score (nSPS) is 10.5. The summed E-state index contributed by atoms with van der Waals surface area (Å²) in [4.78, 5) is 11.3. The van der Waals surface area contributed by atoms with Gasteiger partial charge in [-0.25, -0.2) is 4.68 Å². The summed E-state index contributed by atoms with van der Waals surface area (Å²) >= 11 is 3.27.